The Kier molecular flexibility index (Phi) is 5.15. The zero-order valence-electron chi connectivity index (χ0n) is 10.1. The second-order valence-electron chi connectivity index (χ2n) is 3.69. The molecule has 0 spiro atoms. The first-order valence-corrected chi connectivity index (χ1v) is 5.33. The normalized spacial score (nSPS) is 12.6. The minimum Gasteiger partial charge on any atom is -0.372 e. The van der Waals surface area contributed by atoms with Crippen LogP contribution in [0.3, 0.4) is 0 Å². The molecule has 1 aromatic rings. The van der Waals surface area contributed by atoms with Gasteiger partial charge in [0.2, 0.25) is 0 Å². The van der Waals surface area contributed by atoms with E-state index < -0.39 is 30.8 Å². The van der Waals surface area contributed by atoms with Crippen LogP contribution in [0.1, 0.15) is 6.92 Å². The molecule has 0 aliphatic rings. The average Bonchev–Trinajstić information content (AvgIpc) is 2.35. The number of benzene rings is 1. The molecule has 0 N–H and O–H groups in total. The number of carbonyl (C=O) groups is 1. The smallest absolute Gasteiger partial charge is 0.256 e. The van der Waals surface area contributed by atoms with Gasteiger partial charge in [0, 0.05) is 12.8 Å². The van der Waals surface area contributed by atoms with Crippen molar-refractivity contribution in [3.63, 3.8) is 0 Å². The highest BCUT2D eigenvalue weighted by Gasteiger charge is 2.24. The summed E-state index contributed by atoms with van der Waals surface area (Å²) < 4.78 is 42.5. The lowest BCUT2D eigenvalue weighted by molar-refractivity contribution is -0.127. The van der Waals surface area contributed by atoms with Crippen molar-refractivity contribution in [3.8, 4) is 0 Å². The minimum atomic E-state index is -2.68. The first kappa shape index (κ1) is 14.5. The molecule has 18 heavy (non-hydrogen) atoms. The Hall–Kier alpha value is -1.56. The Morgan fingerprint density at radius 3 is 2.33 bits per heavy atom. The van der Waals surface area contributed by atoms with E-state index in [1.54, 1.807) is 0 Å². The quantitative estimate of drug-likeness (QED) is 0.814. The number of alkyl halides is 2. The topological polar surface area (TPSA) is 29.5 Å². The second-order valence-corrected chi connectivity index (χ2v) is 3.69. The highest BCUT2D eigenvalue weighted by atomic mass is 19.3. The van der Waals surface area contributed by atoms with Gasteiger partial charge in [-0.1, -0.05) is 0 Å². The molecule has 0 aromatic heterocycles. The van der Waals surface area contributed by atoms with E-state index >= 15 is 0 Å². The van der Waals surface area contributed by atoms with E-state index in [-0.39, 0.29) is 5.69 Å². The van der Waals surface area contributed by atoms with Crippen LogP contribution >= 0.6 is 0 Å². The predicted molar refractivity (Wildman–Crippen MR) is 61.2 cm³/mol. The lowest BCUT2D eigenvalue weighted by Crippen LogP contribution is -2.41. The third-order valence-electron chi connectivity index (χ3n) is 2.43. The summed E-state index contributed by atoms with van der Waals surface area (Å²) in [7, 11) is 1.31. The van der Waals surface area contributed by atoms with E-state index in [9.17, 15) is 18.0 Å². The molecule has 3 nitrogen and oxygen atoms in total. The van der Waals surface area contributed by atoms with Crippen molar-refractivity contribution in [1.29, 1.82) is 0 Å². The molecule has 0 fully saturated rings. The maximum Gasteiger partial charge on any atom is 0.256 e. The lowest BCUT2D eigenvalue weighted by atomic mass is 10.2. The van der Waals surface area contributed by atoms with Gasteiger partial charge in [0.15, 0.2) is 0 Å². The van der Waals surface area contributed by atoms with E-state index in [1.165, 1.54) is 26.2 Å². The Morgan fingerprint density at radius 2 is 1.89 bits per heavy atom. The minimum absolute atomic E-state index is 0.214. The number of ether oxygens (including phenoxy) is 1. The van der Waals surface area contributed by atoms with Crippen LogP contribution in [0, 0.1) is 5.82 Å². The van der Waals surface area contributed by atoms with Crippen molar-refractivity contribution in [1.82, 2.24) is 0 Å². The third-order valence-corrected chi connectivity index (χ3v) is 2.43. The van der Waals surface area contributed by atoms with Crippen molar-refractivity contribution >= 4 is 11.6 Å². The SMILES string of the molecule is COC(C)C(=O)N(CC(F)F)c1ccc(F)cc1. The van der Waals surface area contributed by atoms with Crippen molar-refractivity contribution in [2.75, 3.05) is 18.6 Å². The van der Waals surface area contributed by atoms with Gasteiger partial charge in [-0.2, -0.15) is 0 Å². The summed E-state index contributed by atoms with van der Waals surface area (Å²) in [6.07, 6.45) is -3.52. The molecule has 6 heteroatoms. The highest BCUT2D eigenvalue weighted by Crippen LogP contribution is 2.18. The van der Waals surface area contributed by atoms with E-state index in [1.807, 2.05) is 0 Å². The van der Waals surface area contributed by atoms with E-state index in [4.69, 9.17) is 4.74 Å². The van der Waals surface area contributed by atoms with Gasteiger partial charge < -0.3 is 9.64 Å². The summed E-state index contributed by atoms with van der Waals surface area (Å²) in [6.45, 7) is 0.711. The van der Waals surface area contributed by atoms with Crippen LogP contribution in [-0.2, 0) is 9.53 Å². The number of methoxy groups -OCH3 is 1. The summed E-state index contributed by atoms with van der Waals surface area (Å²) >= 11 is 0. The highest BCUT2D eigenvalue weighted by molar-refractivity contribution is 5.96. The molecule has 0 saturated carbocycles. The monoisotopic (exact) mass is 261 g/mol. The van der Waals surface area contributed by atoms with Gasteiger partial charge in [-0.15, -0.1) is 0 Å². The van der Waals surface area contributed by atoms with Gasteiger partial charge in [0.25, 0.3) is 12.3 Å². The molecule has 1 rings (SSSR count). The Balaban J connectivity index is 2.97. The van der Waals surface area contributed by atoms with Crippen LogP contribution in [0.5, 0.6) is 0 Å². The van der Waals surface area contributed by atoms with Crippen LogP contribution in [0.4, 0.5) is 18.9 Å². The average molecular weight is 261 g/mol. The van der Waals surface area contributed by atoms with Crippen LogP contribution in [0.15, 0.2) is 24.3 Å². The van der Waals surface area contributed by atoms with E-state index in [0.717, 1.165) is 17.0 Å². The summed E-state index contributed by atoms with van der Waals surface area (Å²) in [6, 6.07) is 4.77. The fourth-order valence-electron chi connectivity index (χ4n) is 1.40. The number of halogens is 3. The Labute approximate surface area is 103 Å². The molecule has 0 heterocycles. The second kappa shape index (κ2) is 6.39. The molecular weight excluding hydrogens is 247 g/mol. The van der Waals surface area contributed by atoms with Crippen LogP contribution in [-0.4, -0.2) is 32.1 Å². The molecule has 0 radical (unpaired) electrons. The van der Waals surface area contributed by atoms with Gasteiger partial charge in [-0.25, -0.2) is 13.2 Å². The standard InChI is InChI=1S/C12H14F3NO2/c1-8(18-2)12(17)16(7-11(14)15)10-5-3-9(13)4-6-10/h3-6,8,11H,7H2,1-2H3. The number of anilines is 1. The lowest BCUT2D eigenvalue weighted by Gasteiger charge is -2.25. The van der Waals surface area contributed by atoms with Gasteiger partial charge >= 0.3 is 0 Å². The number of hydrogen-bond donors (Lipinski definition) is 0. The summed E-state index contributed by atoms with van der Waals surface area (Å²) in [5.41, 5.74) is 0.214. The van der Waals surface area contributed by atoms with Crippen molar-refractivity contribution in [2.45, 2.75) is 19.5 Å². The van der Waals surface area contributed by atoms with Crippen LogP contribution < -0.4 is 4.90 Å². The number of rotatable bonds is 5. The summed E-state index contributed by atoms with van der Waals surface area (Å²) in [4.78, 5) is 12.8. The van der Waals surface area contributed by atoms with Crippen molar-refractivity contribution in [3.05, 3.63) is 30.1 Å². The number of carbonyl (C=O) groups excluding carboxylic acids is 1. The zero-order valence-corrected chi connectivity index (χ0v) is 10.1. The Morgan fingerprint density at radius 1 is 1.33 bits per heavy atom. The van der Waals surface area contributed by atoms with Crippen molar-refractivity contribution < 1.29 is 22.7 Å². The molecule has 0 saturated heterocycles. The fraction of sp³-hybridized carbons (Fsp3) is 0.417. The van der Waals surface area contributed by atoms with Crippen molar-refractivity contribution in [2.24, 2.45) is 0 Å². The van der Waals surface area contributed by atoms with Crippen LogP contribution in [0.25, 0.3) is 0 Å². The molecule has 0 aliphatic carbocycles. The first-order chi connectivity index (χ1) is 8.45. The molecule has 1 aromatic carbocycles. The third kappa shape index (κ3) is 3.73. The molecular formula is C12H14F3NO2. The predicted octanol–water partition coefficient (Wildman–Crippen LogP) is 2.46. The number of amides is 1. The summed E-state index contributed by atoms with van der Waals surface area (Å²) in [5, 5.41) is 0. The summed E-state index contributed by atoms with van der Waals surface area (Å²) in [5.74, 6) is -1.09. The zero-order chi connectivity index (χ0) is 13.7. The Bertz CT molecular complexity index is 395. The van der Waals surface area contributed by atoms with Gasteiger partial charge in [-0.3, -0.25) is 4.79 Å². The largest absolute Gasteiger partial charge is 0.372 e. The maximum absolute atomic E-state index is 12.8. The first-order valence-electron chi connectivity index (χ1n) is 5.33. The molecule has 0 bridgehead atoms. The van der Waals surface area contributed by atoms with Gasteiger partial charge in [0.05, 0.1) is 6.54 Å². The molecule has 100 valence electrons. The van der Waals surface area contributed by atoms with Gasteiger partial charge in [0.1, 0.15) is 11.9 Å². The maximum atomic E-state index is 12.8. The van der Waals surface area contributed by atoms with Gasteiger partial charge in [-0.05, 0) is 31.2 Å². The number of nitrogens with zero attached hydrogens (tertiary/aromatic N) is 1. The van der Waals surface area contributed by atoms with E-state index in [0.29, 0.717) is 0 Å². The molecule has 1 amide bonds. The van der Waals surface area contributed by atoms with Crippen LogP contribution in [0.2, 0.25) is 0 Å². The number of hydrogen-bond acceptors (Lipinski definition) is 2. The molecule has 1 unspecified atom stereocenters. The fourth-order valence-corrected chi connectivity index (χ4v) is 1.40. The van der Waals surface area contributed by atoms with E-state index in [2.05, 4.69) is 0 Å². The molecule has 1 atom stereocenters. The molecule has 0 aliphatic heterocycles.